The third-order valence-electron chi connectivity index (χ3n) is 6.42. The molecule has 0 atom stereocenters. The predicted octanol–water partition coefficient (Wildman–Crippen LogP) is 8.60. The van der Waals surface area contributed by atoms with E-state index in [0.29, 0.717) is 0 Å². The van der Waals surface area contributed by atoms with Crippen molar-refractivity contribution in [2.75, 3.05) is 0 Å². The summed E-state index contributed by atoms with van der Waals surface area (Å²) < 4.78 is 0. The van der Waals surface area contributed by atoms with Crippen molar-refractivity contribution in [1.82, 2.24) is 0 Å². The molecule has 0 aliphatic heterocycles. The van der Waals surface area contributed by atoms with Crippen LogP contribution in [0, 0.1) is 0 Å². The van der Waals surface area contributed by atoms with Gasteiger partial charge in [-0.25, -0.2) is 0 Å². The third-order valence-corrected chi connectivity index (χ3v) is 6.65. The number of benzene rings is 6. The van der Waals surface area contributed by atoms with Gasteiger partial charge < -0.3 is 0 Å². The molecule has 0 fully saturated rings. The smallest absolute Gasteiger partial charge is 0.0412 e. The molecule has 7 rings (SSSR count). The van der Waals surface area contributed by atoms with Gasteiger partial charge in [0.15, 0.2) is 0 Å². The van der Waals surface area contributed by atoms with E-state index in [1.54, 1.807) is 0 Å². The van der Waals surface area contributed by atoms with Crippen LogP contribution in [0.5, 0.6) is 0 Å². The molecule has 0 aromatic heterocycles. The molecule has 6 aromatic rings. The van der Waals surface area contributed by atoms with Gasteiger partial charge in [0.05, 0.1) is 0 Å². The Morgan fingerprint density at radius 2 is 1.03 bits per heavy atom. The van der Waals surface area contributed by atoms with Crippen molar-refractivity contribution >= 4 is 54.7 Å². The van der Waals surface area contributed by atoms with E-state index in [0.717, 1.165) is 5.02 Å². The number of hydrogen-bond donors (Lipinski definition) is 0. The lowest BCUT2D eigenvalue weighted by atomic mass is 9.93. The van der Waals surface area contributed by atoms with Crippen molar-refractivity contribution < 1.29 is 0 Å². The highest BCUT2D eigenvalue weighted by atomic mass is 35.5. The van der Waals surface area contributed by atoms with Crippen molar-refractivity contribution in [2.24, 2.45) is 0 Å². The van der Waals surface area contributed by atoms with Crippen molar-refractivity contribution in [2.45, 2.75) is 0 Å². The summed E-state index contributed by atoms with van der Waals surface area (Å²) in [4.78, 5) is 0. The normalized spacial score (nSPS) is 12.3. The lowest BCUT2D eigenvalue weighted by Crippen LogP contribution is -1.84. The van der Waals surface area contributed by atoms with Gasteiger partial charge in [-0.1, -0.05) is 78.3 Å². The molecule has 0 saturated heterocycles. The fourth-order valence-corrected chi connectivity index (χ4v) is 5.32. The molecule has 6 aromatic carbocycles. The molecule has 0 nitrogen and oxygen atoms in total. The zero-order chi connectivity index (χ0) is 19.1. The fraction of sp³-hybridized carbons (Fsp3) is 0. The molecular formula is C28H15Cl. The van der Waals surface area contributed by atoms with Crippen LogP contribution < -0.4 is 0 Å². The average Bonchev–Trinajstić information content (AvgIpc) is 3.07. The Morgan fingerprint density at radius 3 is 1.79 bits per heavy atom. The molecule has 0 spiro atoms. The van der Waals surface area contributed by atoms with Crippen LogP contribution in [0.4, 0.5) is 0 Å². The summed E-state index contributed by atoms with van der Waals surface area (Å²) >= 11 is 6.21. The van der Waals surface area contributed by atoms with Crippen molar-refractivity contribution in [3.05, 3.63) is 96.0 Å². The molecule has 0 radical (unpaired) electrons. The summed E-state index contributed by atoms with van der Waals surface area (Å²) in [6, 6.07) is 33.1. The van der Waals surface area contributed by atoms with Gasteiger partial charge >= 0.3 is 0 Å². The zero-order valence-corrected chi connectivity index (χ0v) is 16.3. The topological polar surface area (TPSA) is 0 Å². The minimum Gasteiger partial charge on any atom is -0.0843 e. The largest absolute Gasteiger partial charge is 0.0843 e. The Morgan fingerprint density at radius 1 is 0.414 bits per heavy atom. The van der Waals surface area contributed by atoms with Crippen molar-refractivity contribution in [3.63, 3.8) is 0 Å². The Hall–Kier alpha value is -3.35. The summed E-state index contributed by atoms with van der Waals surface area (Å²) in [5.74, 6) is 0. The second-order valence-corrected chi connectivity index (χ2v) is 8.36. The lowest BCUT2D eigenvalue weighted by molar-refractivity contribution is 1.75. The Kier molecular flexibility index (Phi) is 2.88. The van der Waals surface area contributed by atoms with Crippen LogP contribution in [0.25, 0.3) is 65.3 Å². The summed E-state index contributed by atoms with van der Waals surface area (Å²) in [6.45, 7) is 0. The standard InChI is InChI=1S/C28H15Cl/c29-19-9-12-20-17(13-19)7-11-22-21(20)10-8-18-14-26-23-5-1-3-16-4-2-6-24(28(16)23)27(26)15-25(18)22/h1-15H. The zero-order valence-electron chi connectivity index (χ0n) is 15.5. The molecule has 1 aliphatic rings. The molecule has 0 heterocycles. The van der Waals surface area contributed by atoms with Crippen molar-refractivity contribution in [3.8, 4) is 22.3 Å². The van der Waals surface area contributed by atoms with E-state index < -0.39 is 0 Å². The first kappa shape index (κ1) is 15.6. The average molecular weight is 387 g/mol. The molecule has 0 unspecified atom stereocenters. The van der Waals surface area contributed by atoms with Crippen LogP contribution in [0.15, 0.2) is 91.0 Å². The summed E-state index contributed by atoms with van der Waals surface area (Å²) in [5.41, 5.74) is 5.38. The van der Waals surface area contributed by atoms with Gasteiger partial charge in [0.2, 0.25) is 0 Å². The van der Waals surface area contributed by atoms with Crippen LogP contribution in [-0.4, -0.2) is 0 Å². The van der Waals surface area contributed by atoms with Crippen LogP contribution in [0.2, 0.25) is 5.02 Å². The first-order valence-electron chi connectivity index (χ1n) is 9.89. The van der Waals surface area contributed by atoms with Gasteiger partial charge in [0, 0.05) is 5.02 Å². The second-order valence-electron chi connectivity index (χ2n) is 7.92. The summed E-state index contributed by atoms with van der Waals surface area (Å²) in [6.07, 6.45) is 0. The Labute approximate surface area is 173 Å². The van der Waals surface area contributed by atoms with Gasteiger partial charge in [-0.3, -0.25) is 0 Å². The number of fused-ring (bicyclic) bond motifs is 8. The highest BCUT2D eigenvalue weighted by Crippen LogP contribution is 2.49. The van der Waals surface area contributed by atoms with E-state index in [1.165, 1.54) is 65.3 Å². The van der Waals surface area contributed by atoms with Crippen LogP contribution in [0.1, 0.15) is 0 Å². The summed E-state index contributed by atoms with van der Waals surface area (Å²) in [5, 5.41) is 11.1. The molecule has 0 N–H and O–H groups in total. The molecule has 29 heavy (non-hydrogen) atoms. The molecule has 1 aliphatic carbocycles. The molecule has 0 saturated carbocycles. The molecule has 134 valence electrons. The Balaban J connectivity index is 1.63. The second kappa shape index (κ2) is 5.37. The Bertz CT molecular complexity index is 1650. The van der Waals surface area contributed by atoms with Gasteiger partial charge in [0.1, 0.15) is 0 Å². The first-order valence-corrected chi connectivity index (χ1v) is 10.3. The first-order chi connectivity index (χ1) is 14.3. The van der Waals surface area contributed by atoms with E-state index in [2.05, 4.69) is 78.9 Å². The minimum atomic E-state index is 0.779. The van der Waals surface area contributed by atoms with E-state index in [1.807, 2.05) is 12.1 Å². The predicted molar refractivity (Wildman–Crippen MR) is 126 cm³/mol. The maximum absolute atomic E-state index is 6.21. The monoisotopic (exact) mass is 386 g/mol. The minimum absolute atomic E-state index is 0.779. The van der Waals surface area contributed by atoms with E-state index in [-0.39, 0.29) is 0 Å². The van der Waals surface area contributed by atoms with Gasteiger partial charge in [-0.15, -0.1) is 0 Å². The van der Waals surface area contributed by atoms with Gasteiger partial charge in [-0.05, 0) is 89.6 Å². The number of halogens is 1. The van der Waals surface area contributed by atoms with Crippen LogP contribution >= 0.6 is 11.6 Å². The SMILES string of the molecule is Clc1ccc2c(ccc3c4cc5c(cc4ccc23)-c2cccc3cccc-5c23)c1. The molecular weight excluding hydrogens is 372 g/mol. The van der Waals surface area contributed by atoms with Crippen LogP contribution in [0.3, 0.4) is 0 Å². The van der Waals surface area contributed by atoms with E-state index in [4.69, 9.17) is 11.6 Å². The summed E-state index contributed by atoms with van der Waals surface area (Å²) in [7, 11) is 0. The number of rotatable bonds is 0. The van der Waals surface area contributed by atoms with Crippen LogP contribution in [-0.2, 0) is 0 Å². The van der Waals surface area contributed by atoms with E-state index in [9.17, 15) is 0 Å². The molecule has 0 bridgehead atoms. The highest BCUT2D eigenvalue weighted by molar-refractivity contribution is 6.32. The van der Waals surface area contributed by atoms with E-state index >= 15 is 0 Å². The number of hydrogen-bond acceptors (Lipinski definition) is 0. The molecule has 1 heteroatoms. The van der Waals surface area contributed by atoms with Gasteiger partial charge in [0.25, 0.3) is 0 Å². The fourth-order valence-electron chi connectivity index (χ4n) is 5.14. The third kappa shape index (κ3) is 1.99. The quantitative estimate of drug-likeness (QED) is 0.229. The van der Waals surface area contributed by atoms with Crippen molar-refractivity contribution in [1.29, 1.82) is 0 Å². The van der Waals surface area contributed by atoms with Gasteiger partial charge in [-0.2, -0.15) is 0 Å². The maximum atomic E-state index is 6.21. The highest BCUT2D eigenvalue weighted by Gasteiger charge is 2.21. The molecule has 0 amide bonds. The lowest BCUT2D eigenvalue weighted by Gasteiger charge is -2.11. The maximum Gasteiger partial charge on any atom is 0.0412 e.